The molecule has 0 aliphatic rings. The summed E-state index contributed by atoms with van der Waals surface area (Å²) in [6.45, 7) is 5.66. The van der Waals surface area contributed by atoms with Crippen LogP contribution in [0.15, 0.2) is 24.3 Å². The highest BCUT2D eigenvalue weighted by molar-refractivity contribution is 5.33. The molecule has 1 atom stereocenters. The number of anilines is 2. The Balaban J connectivity index is 1.88. The summed E-state index contributed by atoms with van der Waals surface area (Å²) in [5.41, 5.74) is 6.96. The topological polar surface area (TPSA) is 80.4 Å². The number of rotatable bonds is 8. The molecule has 0 spiro atoms. The van der Waals surface area contributed by atoms with Crippen molar-refractivity contribution in [1.82, 2.24) is 19.9 Å². The van der Waals surface area contributed by atoms with Crippen molar-refractivity contribution in [1.29, 1.82) is 0 Å². The van der Waals surface area contributed by atoms with Crippen molar-refractivity contribution in [3.8, 4) is 5.75 Å². The van der Waals surface area contributed by atoms with E-state index >= 15 is 0 Å². The lowest BCUT2D eigenvalue weighted by molar-refractivity contribution is 0.219. The summed E-state index contributed by atoms with van der Waals surface area (Å²) in [7, 11) is 5.82. The van der Waals surface area contributed by atoms with Crippen LogP contribution in [0.4, 0.5) is 11.9 Å². The third-order valence-corrected chi connectivity index (χ3v) is 4.10. The Morgan fingerprint density at radius 1 is 1.12 bits per heavy atom. The van der Waals surface area contributed by atoms with Crippen LogP contribution in [0.2, 0.25) is 0 Å². The number of ether oxygens (including phenoxy) is 1. The van der Waals surface area contributed by atoms with Crippen LogP contribution < -0.4 is 15.4 Å². The lowest BCUT2D eigenvalue weighted by Crippen LogP contribution is -2.27. The van der Waals surface area contributed by atoms with Gasteiger partial charge in [-0.2, -0.15) is 15.0 Å². The minimum atomic E-state index is 0.0439. The first-order chi connectivity index (χ1) is 11.9. The SMILES string of the molecule is Cc1ccccc1OCCCN(C)C(C)c1nc(N)nc(N(C)C)n1. The molecule has 1 heterocycles. The van der Waals surface area contributed by atoms with Gasteiger partial charge in [0.05, 0.1) is 12.6 Å². The van der Waals surface area contributed by atoms with E-state index in [4.69, 9.17) is 10.5 Å². The molecular formula is C18H28N6O. The summed E-state index contributed by atoms with van der Waals surface area (Å²) < 4.78 is 5.85. The second-order valence-corrected chi connectivity index (χ2v) is 6.37. The number of hydrogen-bond donors (Lipinski definition) is 1. The second kappa shape index (κ2) is 8.62. The van der Waals surface area contributed by atoms with Crippen LogP contribution in [0.3, 0.4) is 0 Å². The fourth-order valence-electron chi connectivity index (χ4n) is 2.39. The van der Waals surface area contributed by atoms with Crippen molar-refractivity contribution >= 4 is 11.9 Å². The molecule has 0 saturated carbocycles. The Morgan fingerprint density at radius 3 is 2.52 bits per heavy atom. The number of aryl methyl sites for hydroxylation is 1. The molecule has 0 aliphatic carbocycles. The lowest BCUT2D eigenvalue weighted by Gasteiger charge is -2.24. The fraction of sp³-hybridized carbons (Fsp3) is 0.500. The summed E-state index contributed by atoms with van der Waals surface area (Å²) in [4.78, 5) is 16.9. The molecule has 2 rings (SSSR count). The van der Waals surface area contributed by atoms with Gasteiger partial charge < -0.3 is 15.4 Å². The number of aromatic nitrogens is 3. The Kier molecular flexibility index (Phi) is 6.52. The zero-order valence-electron chi connectivity index (χ0n) is 15.7. The first kappa shape index (κ1) is 18.9. The third kappa shape index (κ3) is 5.29. The molecule has 7 heteroatoms. The lowest BCUT2D eigenvalue weighted by atomic mass is 10.2. The first-order valence-corrected chi connectivity index (χ1v) is 8.46. The minimum Gasteiger partial charge on any atom is -0.493 e. The molecule has 136 valence electrons. The highest BCUT2D eigenvalue weighted by Crippen LogP contribution is 2.19. The van der Waals surface area contributed by atoms with Gasteiger partial charge in [0.1, 0.15) is 5.75 Å². The summed E-state index contributed by atoms with van der Waals surface area (Å²) in [6.07, 6.45) is 0.913. The Hall–Kier alpha value is -2.41. The van der Waals surface area contributed by atoms with Crippen LogP contribution in [-0.4, -0.2) is 54.1 Å². The number of nitrogen functional groups attached to an aromatic ring is 1. The van der Waals surface area contributed by atoms with Gasteiger partial charge in [-0.3, -0.25) is 4.90 Å². The van der Waals surface area contributed by atoms with Crippen LogP contribution in [0.25, 0.3) is 0 Å². The van der Waals surface area contributed by atoms with Crippen LogP contribution in [-0.2, 0) is 0 Å². The van der Waals surface area contributed by atoms with Gasteiger partial charge in [0.2, 0.25) is 11.9 Å². The van der Waals surface area contributed by atoms with E-state index in [1.54, 1.807) is 0 Å². The Bertz CT molecular complexity index is 691. The molecule has 1 unspecified atom stereocenters. The quantitative estimate of drug-likeness (QED) is 0.736. The van der Waals surface area contributed by atoms with Gasteiger partial charge >= 0.3 is 0 Å². The van der Waals surface area contributed by atoms with Crippen molar-refractivity contribution in [2.24, 2.45) is 0 Å². The van der Waals surface area contributed by atoms with E-state index in [-0.39, 0.29) is 12.0 Å². The molecule has 0 saturated heterocycles. The average Bonchev–Trinajstić information content (AvgIpc) is 2.58. The highest BCUT2D eigenvalue weighted by Gasteiger charge is 2.17. The molecule has 7 nitrogen and oxygen atoms in total. The zero-order valence-corrected chi connectivity index (χ0v) is 15.7. The van der Waals surface area contributed by atoms with Crippen LogP contribution in [0.5, 0.6) is 5.75 Å². The maximum atomic E-state index is 5.85. The van der Waals surface area contributed by atoms with Crippen LogP contribution in [0.1, 0.15) is 30.8 Å². The van der Waals surface area contributed by atoms with Crippen molar-refractivity contribution in [2.45, 2.75) is 26.3 Å². The molecule has 0 fully saturated rings. The van der Waals surface area contributed by atoms with Gasteiger partial charge in [-0.25, -0.2) is 0 Å². The van der Waals surface area contributed by atoms with E-state index in [9.17, 15) is 0 Å². The average molecular weight is 344 g/mol. The van der Waals surface area contributed by atoms with E-state index in [0.29, 0.717) is 18.4 Å². The van der Waals surface area contributed by atoms with E-state index in [1.165, 1.54) is 0 Å². The molecule has 1 aromatic carbocycles. The normalized spacial score (nSPS) is 12.2. The summed E-state index contributed by atoms with van der Waals surface area (Å²) in [5, 5.41) is 0. The van der Waals surface area contributed by atoms with E-state index in [0.717, 1.165) is 24.3 Å². The smallest absolute Gasteiger partial charge is 0.229 e. The Labute approximate surface area is 149 Å². The minimum absolute atomic E-state index is 0.0439. The molecule has 1 aromatic heterocycles. The van der Waals surface area contributed by atoms with Gasteiger partial charge in [0.25, 0.3) is 0 Å². The van der Waals surface area contributed by atoms with Crippen molar-refractivity contribution in [3.63, 3.8) is 0 Å². The van der Waals surface area contributed by atoms with Crippen LogP contribution >= 0.6 is 0 Å². The maximum absolute atomic E-state index is 5.85. The number of benzene rings is 1. The zero-order chi connectivity index (χ0) is 18.4. The van der Waals surface area contributed by atoms with Crippen molar-refractivity contribution in [2.75, 3.05) is 44.9 Å². The predicted octanol–water partition coefficient (Wildman–Crippen LogP) is 2.29. The predicted molar refractivity (Wildman–Crippen MR) is 101 cm³/mol. The third-order valence-electron chi connectivity index (χ3n) is 4.10. The largest absolute Gasteiger partial charge is 0.493 e. The van der Waals surface area contributed by atoms with Gasteiger partial charge in [-0.15, -0.1) is 0 Å². The van der Waals surface area contributed by atoms with E-state index in [2.05, 4.69) is 39.8 Å². The molecular weight excluding hydrogens is 316 g/mol. The van der Waals surface area contributed by atoms with Crippen molar-refractivity contribution < 1.29 is 4.74 Å². The number of nitrogens with zero attached hydrogens (tertiary/aromatic N) is 5. The number of nitrogens with two attached hydrogens (primary N) is 1. The molecule has 25 heavy (non-hydrogen) atoms. The van der Waals surface area contributed by atoms with E-state index < -0.39 is 0 Å². The molecule has 2 aromatic rings. The summed E-state index contributed by atoms with van der Waals surface area (Å²) in [6, 6.07) is 8.10. The van der Waals surface area contributed by atoms with E-state index in [1.807, 2.05) is 44.2 Å². The summed E-state index contributed by atoms with van der Waals surface area (Å²) >= 11 is 0. The van der Waals surface area contributed by atoms with Crippen molar-refractivity contribution in [3.05, 3.63) is 35.7 Å². The maximum Gasteiger partial charge on any atom is 0.229 e. The summed E-state index contributed by atoms with van der Waals surface area (Å²) in [5.74, 6) is 2.44. The highest BCUT2D eigenvalue weighted by atomic mass is 16.5. The van der Waals surface area contributed by atoms with Gasteiger partial charge in [0, 0.05) is 20.6 Å². The second-order valence-electron chi connectivity index (χ2n) is 6.37. The van der Waals surface area contributed by atoms with Gasteiger partial charge in [-0.1, -0.05) is 18.2 Å². The molecule has 0 radical (unpaired) electrons. The number of para-hydroxylation sites is 1. The number of hydrogen-bond acceptors (Lipinski definition) is 7. The van der Waals surface area contributed by atoms with Crippen LogP contribution in [0, 0.1) is 6.92 Å². The van der Waals surface area contributed by atoms with Gasteiger partial charge in [0.15, 0.2) is 5.82 Å². The first-order valence-electron chi connectivity index (χ1n) is 8.46. The monoisotopic (exact) mass is 344 g/mol. The molecule has 2 N–H and O–H groups in total. The molecule has 0 bridgehead atoms. The molecule has 0 amide bonds. The fourth-order valence-corrected chi connectivity index (χ4v) is 2.39. The Morgan fingerprint density at radius 2 is 1.84 bits per heavy atom. The standard InChI is InChI=1S/C18H28N6O/c1-13-9-6-7-10-15(13)25-12-8-11-24(5)14(2)16-20-17(19)22-18(21-16)23(3)4/h6-7,9-10,14H,8,11-12H2,1-5H3,(H2,19,20,21,22). The molecule has 0 aliphatic heterocycles. The van der Waals surface area contributed by atoms with Gasteiger partial charge in [-0.05, 0) is 38.9 Å².